The van der Waals surface area contributed by atoms with E-state index in [0.717, 1.165) is 5.56 Å². The number of hydrogen-bond acceptors (Lipinski definition) is 7. The van der Waals surface area contributed by atoms with E-state index < -0.39 is 0 Å². The van der Waals surface area contributed by atoms with Crippen LogP contribution in [0.2, 0.25) is 0 Å². The fourth-order valence-electron chi connectivity index (χ4n) is 2.87. The zero-order chi connectivity index (χ0) is 21.6. The Balaban J connectivity index is 1.64. The number of aliphatic hydroxyl groups is 1. The van der Waals surface area contributed by atoms with E-state index in [0.29, 0.717) is 40.3 Å². The summed E-state index contributed by atoms with van der Waals surface area (Å²) in [5, 5.41) is 14.7. The minimum atomic E-state index is -0.386. The Morgan fingerprint density at radius 1 is 1.10 bits per heavy atom. The summed E-state index contributed by atoms with van der Waals surface area (Å²) in [6.45, 7) is 0.575. The fourth-order valence-corrected chi connectivity index (χ4v) is 3.21. The topological polar surface area (TPSA) is 110 Å². The first-order valence-electron chi connectivity index (χ1n) is 9.52. The highest BCUT2D eigenvalue weighted by Crippen LogP contribution is 2.33. The largest absolute Gasteiger partial charge is 0.487 e. The first-order chi connectivity index (χ1) is 15.1. The average Bonchev–Trinajstić information content (AvgIpc) is 3.18. The van der Waals surface area contributed by atoms with Gasteiger partial charge in [-0.15, -0.1) is 0 Å². The van der Waals surface area contributed by atoms with Crippen molar-refractivity contribution in [2.24, 2.45) is 0 Å². The number of oxazole rings is 1. The van der Waals surface area contributed by atoms with Gasteiger partial charge in [-0.05, 0) is 33.6 Å². The number of benzene rings is 2. The molecule has 0 aliphatic rings. The number of halogens is 1. The minimum Gasteiger partial charge on any atom is -0.487 e. The van der Waals surface area contributed by atoms with Crippen LogP contribution in [0.5, 0.6) is 5.75 Å². The number of anilines is 2. The maximum absolute atomic E-state index is 12.7. The third-order valence-electron chi connectivity index (χ3n) is 4.31. The summed E-state index contributed by atoms with van der Waals surface area (Å²) in [6.07, 6.45) is 0. The molecule has 31 heavy (non-hydrogen) atoms. The van der Waals surface area contributed by atoms with Crippen molar-refractivity contribution in [1.82, 2.24) is 9.97 Å². The average molecular weight is 483 g/mol. The lowest BCUT2D eigenvalue weighted by Crippen LogP contribution is -2.14. The van der Waals surface area contributed by atoms with Crippen LogP contribution in [0.4, 0.5) is 11.7 Å². The van der Waals surface area contributed by atoms with Crippen LogP contribution in [0.1, 0.15) is 16.1 Å². The number of carbonyl (C=O) groups is 1. The molecule has 0 unspecified atom stereocenters. The van der Waals surface area contributed by atoms with Gasteiger partial charge in [-0.1, -0.05) is 36.4 Å². The summed E-state index contributed by atoms with van der Waals surface area (Å²) < 4.78 is 12.2. The summed E-state index contributed by atoms with van der Waals surface area (Å²) in [6, 6.07) is 18.4. The Labute approximate surface area is 186 Å². The van der Waals surface area contributed by atoms with Crippen LogP contribution in [0.3, 0.4) is 0 Å². The number of fused-ring (bicyclic) bond motifs is 1. The van der Waals surface area contributed by atoms with Crippen LogP contribution in [0.25, 0.3) is 11.1 Å². The lowest BCUT2D eigenvalue weighted by Gasteiger charge is -2.12. The smallest absolute Gasteiger partial charge is 0.295 e. The summed E-state index contributed by atoms with van der Waals surface area (Å²) in [4.78, 5) is 21.3. The van der Waals surface area contributed by atoms with Crippen molar-refractivity contribution in [2.45, 2.75) is 6.61 Å². The number of nitrogens with one attached hydrogen (secondary N) is 2. The van der Waals surface area contributed by atoms with Crippen LogP contribution in [0.15, 0.2) is 69.7 Å². The molecular weight excluding hydrogens is 464 g/mol. The first kappa shape index (κ1) is 20.8. The van der Waals surface area contributed by atoms with Gasteiger partial charge in [-0.3, -0.25) is 4.79 Å². The van der Waals surface area contributed by atoms with Crippen molar-refractivity contribution in [3.8, 4) is 5.75 Å². The van der Waals surface area contributed by atoms with E-state index in [1.54, 1.807) is 30.3 Å². The number of ether oxygens (including phenoxy) is 1. The van der Waals surface area contributed by atoms with E-state index in [1.807, 2.05) is 30.3 Å². The molecule has 0 aliphatic carbocycles. The molecular formula is C22H19BrN4O4. The summed E-state index contributed by atoms with van der Waals surface area (Å²) in [5.41, 5.74) is 2.69. The number of hydrogen-bond donors (Lipinski definition) is 3. The lowest BCUT2D eigenvalue weighted by molar-refractivity contribution is 0.102. The molecule has 2 aromatic carbocycles. The van der Waals surface area contributed by atoms with Gasteiger partial charge in [-0.25, -0.2) is 4.98 Å². The van der Waals surface area contributed by atoms with Gasteiger partial charge >= 0.3 is 0 Å². The number of aliphatic hydroxyl groups excluding tert-OH is 1. The van der Waals surface area contributed by atoms with Gasteiger partial charge in [0.25, 0.3) is 11.9 Å². The van der Waals surface area contributed by atoms with Gasteiger partial charge < -0.3 is 24.9 Å². The molecule has 0 spiro atoms. The van der Waals surface area contributed by atoms with Crippen molar-refractivity contribution in [1.29, 1.82) is 0 Å². The molecule has 158 valence electrons. The lowest BCUT2D eigenvalue weighted by atomic mass is 10.2. The Morgan fingerprint density at radius 3 is 2.71 bits per heavy atom. The van der Waals surface area contributed by atoms with Crippen LogP contribution in [0, 0.1) is 0 Å². The molecule has 0 aliphatic heterocycles. The highest BCUT2D eigenvalue weighted by Gasteiger charge is 2.16. The van der Waals surface area contributed by atoms with Crippen molar-refractivity contribution in [3.63, 3.8) is 0 Å². The summed E-state index contributed by atoms with van der Waals surface area (Å²) in [5.74, 6) is 0.0602. The van der Waals surface area contributed by atoms with Gasteiger partial charge in [-0.2, -0.15) is 4.98 Å². The molecule has 8 nitrogen and oxygen atoms in total. The standard InChI is InChI=1S/C22H19BrN4O4/c23-20-8-4-7-15(25-20)21(29)26-16-12-19-17(27-22(31-19)24-9-10-28)11-18(16)30-13-14-5-2-1-3-6-14/h1-8,11-12,28H,9-10,13H2,(H,24,27)(H,26,29). The Bertz CT molecular complexity index is 1200. The maximum Gasteiger partial charge on any atom is 0.295 e. The van der Waals surface area contributed by atoms with Crippen molar-refractivity contribution in [3.05, 3.63) is 76.5 Å². The molecule has 2 aromatic heterocycles. The zero-order valence-corrected chi connectivity index (χ0v) is 17.9. The summed E-state index contributed by atoms with van der Waals surface area (Å²) in [7, 11) is 0. The molecule has 0 atom stereocenters. The van der Waals surface area contributed by atoms with Gasteiger partial charge in [0.15, 0.2) is 5.58 Å². The maximum atomic E-state index is 12.7. The van der Waals surface area contributed by atoms with Gasteiger partial charge in [0, 0.05) is 18.7 Å². The second-order valence-electron chi connectivity index (χ2n) is 6.56. The molecule has 0 radical (unpaired) electrons. The molecule has 0 fully saturated rings. The first-order valence-corrected chi connectivity index (χ1v) is 10.3. The minimum absolute atomic E-state index is 0.0505. The van der Waals surface area contributed by atoms with Crippen molar-refractivity contribution < 1.29 is 19.1 Å². The molecule has 4 aromatic rings. The highest BCUT2D eigenvalue weighted by molar-refractivity contribution is 9.10. The normalized spacial score (nSPS) is 10.8. The van der Waals surface area contributed by atoms with Crippen LogP contribution in [-0.4, -0.2) is 34.1 Å². The molecule has 0 bridgehead atoms. The predicted octanol–water partition coefficient (Wildman–Crippen LogP) is 4.22. The number of carbonyl (C=O) groups excluding carboxylic acids is 1. The molecule has 4 rings (SSSR count). The number of pyridine rings is 1. The van der Waals surface area contributed by atoms with Crippen LogP contribution in [-0.2, 0) is 6.61 Å². The third-order valence-corrected chi connectivity index (χ3v) is 4.75. The van der Waals surface area contributed by atoms with E-state index >= 15 is 0 Å². The quantitative estimate of drug-likeness (QED) is 0.322. The van der Waals surface area contributed by atoms with Gasteiger partial charge in [0.2, 0.25) is 0 Å². The molecule has 1 amide bonds. The Hall–Kier alpha value is -3.43. The van der Waals surface area contributed by atoms with E-state index in [4.69, 9.17) is 14.3 Å². The summed E-state index contributed by atoms with van der Waals surface area (Å²) >= 11 is 3.27. The number of aromatic nitrogens is 2. The third kappa shape index (κ3) is 5.19. The van der Waals surface area contributed by atoms with Gasteiger partial charge in [0.05, 0.1) is 12.3 Å². The molecule has 2 heterocycles. The van der Waals surface area contributed by atoms with E-state index in [9.17, 15) is 4.79 Å². The van der Waals surface area contributed by atoms with Crippen LogP contribution < -0.4 is 15.4 Å². The number of amides is 1. The second-order valence-corrected chi connectivity index (χ2v) is 7.37. The predicted molar refractivity (Wildman–Crippen MR) is 120 cm³/mol. The van der Waals surface area contributed by atoms with E-state index in [1.165, 1.54) is 0 Å². The number of rotatable bonds is 8. The highest BCUT2D eigenvalue weighted by atomic mass is 79.9. The van der Waals surface area contributed by atoms with E-state index in [2.05, 4.69) is 36.5 Å². The molecule has 9 heteroatoms. The molecule has 3 N–H and O–H groups in total. The van der Waals surface area contributed by atoms with Crippen molar-refractivity contribution >= 4 is 44.6 Å². The SMILES string of the molecule is O=C(Nc1cc2oc(NCCO)nc2cc1OCc1ccccc1)c1cccc(Br)n1. The monoisotopic (exact) mass is 482 g/mol. The molecule has 0 saturated heterocycles. The second kappa shape index (κ2) is 9.59. The van der Waals surface area contributed by atoms with E-state index in [-0.39, 0.29) is 24.2 Å². The fraction of sp³-hybridized carbons (Fsp3) is 0.136. The number of nitrogens with zero attached hydrogens (tertiary/aromatic N) is 2. The Morgan fingerprint density at radius 2 is 1.94 bits per heavy atom. The zero-order valence-electron chi connectivity index (χ0n) is 16.3. The molecule has 0 saturated carbocycles. The van der Waals surface area contributed by atoms with Gasteiger partial charge in [0.1, 0.15) is 28.2 Å². The Kier molecular flexibility index (Phi) is 6.44. The van der Waals surface area contributed by atoms with Crippen molar-refractivity contribution in [2.75, 3.05) is 23.8 Å². The van der Waals surface area contributed by atoms with Crippen LogP contribution >= 0.6 is 15.9 Å².